The average molecular weight is 193 g/mol. The van der Waals surface area contributed by atoms with Crippen molar-refractivity contribution in [2.24, 2.45) is 0 Å². The number of ether oxygens (including phenoxy) is 1. The Hall–Kier alpha value is -1.55. The summed E-state index contributed by atoms with van der Waals surface area (Å²) >= 11 is 0. The highest BCUT2D eigenvalue weighted by Crippen LogP contribution is 2.28. The standard InChI is InChI=1S/C10H11NO3/c1-10(13)7-14-9(12)11(10)8-5-3-2-4-6-8/h2-6,13H,7H2,1H3. The summed E-state index contributed by atoms with van der Waals surface area (Å²) in [5.74, 6) is 0. The second-order valence-electron chi connectivity index (χ2n) is 3.44. The van der Waals surface area contributed by atoms with E-state index in [2.05, 4.69) is 0 Å². The van der Waals surface area contributed by atoms with Crippen molar-refractivity contribution in [1.29, 1.82) is 0 Å². The van der Waals surface area contributed by atoms with Crippen LogP contribution in [0.25, 0.3) is 0 Å². The van der Waals surface area contributed by atoms with Crippen molar-refractivity contribution in [3.05, 3.63) is 30.3 Å². The van der Waals surface area contributed by atoms with Gasteiger partial charge in [-0.25, -0.2) is 9.69 Å². The summed E-state index contributed by atoms with van der Waals surface area (Å²) < 4.78 is 4.77. The van der Waals surface area contributed by atoms with E-state index in [1.165, 1.54) is 4.90 Å². The van der Waals surface area contributed by atoms with Crippen molar-refractivity contribution in [3.63, 3.8) is 0 Å². The van der Waals surface area contributed by atoms with E-state index >= 15 is 0 Å². The van der Waals surface area contributed by atoms with Crippen LogP contribution in [0.3, 0.4) is 0 Å². The van der Waals surface area contributed by atoms with Crippen LogP contribution in [0, 0.1) is 0 Å². The molecule has 1 heterocycles. The van der Waals surface area contributed by atoms with Gasteiger partial charge < -0.3 is 9.84 Å². The lowest BCUT2D eigenvalue weighted by molar-refractivity contribution is 0.0479. The number of rotatable bonds is 1. The van der Waals surface area contributed by atoms with Gasteiger partial charge >= 0.3 is 6.09 Å². The zero-order valence-electron chi connectivity index (χ0n) is 7.80. The van der Waals surface area contributed by atoms with Crippen LogP contribution in [-0.4, -0.2) is 23.5 Å². The molecule has 14 heavy (non-hydrogen) atoms. The van der Waals surface area contributed by atoms with Crippen molar-refractivity contribution in [2.45, 2.75) is 12.6 Å². The summed E-state index contributed by atoms with van der Waals surface area (Å²) in [6.45, 7) is 1.55. The van der Waals surface area contributed by atoms with E-state index in [1.54, 1.807) is 31.2 Å². The topological polar surface area (TPSA) is 49.8 Å². The molecule has 74 valence electrons. The Kier molecular flexibility index (Phi) is 1.93. The molecule has 1 saturated heterocycles. The van der Waals surface area contributed by atoms with Crippen molar-refractivity contribution in [3.8, 4) is 0 Å². The van der Waals surface area contributed by atoms with Gasteiger partial charge in [-0.1, -0.05) is 18.2 Å². The Morgan fingerprint density at radius 1 is 1.43 bits per heavy atom. The average Bonchev–Trinajstić information content (AvgIpc) is 2.42. The van der Waals surface area contributed by atoms with Crippen LogP contribution in [0.1, 0.15) is 6.92 Å². The van der Waals surface area contributed by atoms with Gasteiger partial charge in [0.15, 0.2) is 5.72 Å². The van der Waals surface area contributed by atoms with Gasteiger partial charge in [0.1, 0.15) is 6.61 Å². The minimum atomic E-state index is -1.25. The number of nitrogens with zero attached hydrogens (tertiary/aromatic N) is 1. The fourth-order valence-electron chi connectivity index (χ4n) is 1.48. The summed E-state index contributed by atoms with van der Waals surface area (Å²) in [4.78, 5) is 12.6. The molecule has 0 saturated carbocycles. The van der Waals surface area contributed by atoms with Gasteiger partial charge in [-0.05, 0) is 19.1 Å². The first kappa shape index (κ1) is 9.02. The maximum absolute atomic E-state index is 11.3. The third-order valence-electron chi connectivity index (χ3n) is 2.15. The highest BCUT2D eigenvalue weighted by molar-refractivity contribution is 5.90. The van der Waals surface area contributed by atoms with E-state index in [0.29, 0.717) is 5.69 Å². The maximum Gasteiger partial charge on any atom is 0.416 e. The largest absolute Gasteiger partial charge is 0.444 e. The molecule has 1 aromatic rings. The number of para-hydroxylation sites is 1. The Morgan fingerprint density at radius 2 is 2.07 bits per heavy atom. The van der Waals surface area contributed by atoms with Gasteiger partial charge in [0.25, 0.3) is 0 Å². The first-order chi connectivity index (χ1) is 6.61. The van der Waals surface area contributed by atoms with Crippen LogP contribution >= 0.6 is 0 Å². The van der Waals surface area contributed by atoms with Gasteiger partial charge in [0.05, 0.1) is 5.69 Å². The SMILES string of the molecule is CC1(O)COC(=O)N1c1ccccc1. The molecule has 0 spiro atoms. The minimum Gasteiger partial charge on any atom is -0.444 e. The number of hydrogen-bond donors (Lipinski definition) is 1. The molecule has 1 aliphatic heterocycles. The molecule has 0 radical (unpaired) electrons. The smallest absolute Gasteiger partial charge is 0.416 e. The molecule has 0 aromatic heterocycles. The molecule has 1 atom stereocenters. The Bertz CT molecular complexity index is 348. The van der Waals surface area contributed by atoms with Gasteiger partial charge in [-0.15, -0.1) is 0 Å². The summed E-state index contributed by atoms with van der Waals surface area (Å²) in [6.07, 6.45) is -0.513. The Balaban J connectivity index is 2.38. The molecule has 1 fully saturated rings. The normalized spacial score (nSPS) is 26.4. The van der Waals surface area contributed by atoms with Gasteiger partial charge in [-0.3, -0.25) is 0 Å². The van der Waals surface area contributed by atoms with E-state index in [0.717, 1.165) is 0 Å². The van der Waals surface area contributed by atoms with E-state index < -0.39 is 11.8 Å². The van der Waals surface area contributed by atoms with Crippen LogP contribution in [-0.2, 0) is 4.74 Å². The number of hydrogen-bond acceptors (Lipinski definition) is 3. The van der Waals surface area contributed by atoms with Crippen molar-refractivity contribution >= 4 is 11.8 Å². The maximum atomic E-state index is 11.3. The van der Waals surface area contributed by atoms with Gasteiger partial charge in [-0.2, -0.15) is 0 Å². The molecule has 4 heteroatoms. The quantitative estimate of drug-likeness (QED) is 0.732. The molecular formula is C10H11NO3. The zero-order valence-corrected chi connectivity index (χ0v) is 7.80. The summed E-state index contributed by atoms with van der Waals surface area (Å²) in [7, 11) is 0. The van der Waals surface area contributed by atoms with Crippen molar-refractivity contribution in [1.82, 2.24) is 0 Å². The van der Waals surface area contributed by atoms with E-state index in [9.17, 15) is 9.90 Å². The second kappa shape index (κ2) is 2.99. The van der Waals surface area contributed by atoms with Crippen molar-refractivity contribution < 1.29 is 14.6 Å². The molecular weight excluding hydrogens is 182 g/mol. The number of aliphatic hydroxyl groups is 1. The molecule has 0 bridgehead atoms. The van der Waals surface area contributed by atoms with E-state index in [-0.39, 0.29) is 6.61 Å². The first-order valence-corrected chi connectivity index (χ1v) is 4.36. The molecule has 1 N–H and O–H groups in total. The lowest BCUT2D eigenvalue weighted by atomic mass is 10.2. The second-order valence-corrected chi connectivity index (χ2v) is 3.44. The Labute approximate surface area is 81.7 Å². The first-order valence-electron chi connectivity index (χ1n) is 4.36. The predicted octanol–water partition coefficient (Wildman–Crippen LogP) is 1.35. The molecule has 1 unspecified atom stereocenters. The fraction of sp³-hybridized carbons (Fsp3) is 0.300. The van der Waals surface area contributed by atoms with Gasteiger partial charge in [0, 0.05) is 0 Å². The monoisotopic (exact) mass is 193 g/mol. The lowest BCUT2D eigenvalue weighted by Crippen LogP contribution is -2.44. The minimum absolute atomic E-state index is 0.000722. The number of carbonyl (C=O) groups is 1. The molecule has 1 aromatic carbocycles. The number of cyclic esters (lactones) is 1. The summed E-state index contributed by atoms with van der Waals surface area (Å²) in [5.41, 5.74) is -0.613. The summed E-state index contributed by atoms with van der Waals surface area (Å²) in [5, 5.41) is 9.86. The predicted molar refractivity (Wildman–Crippen MR) is 50.9 cm³/mol. The van der Waals surface area contributed by atoms with E-state index in [1.807, 2.05) is 6.07 Å². The van der Waals surface area contributed by atoms with Crippen LogP contribution in [0.2, 0.25) is 0 Å². The van der Waals surface area contributed by atoms with Crippen molar-refractivity contribution in [2.75, 3.05) is 11.5 Å². The number of benzene rings is 1. The number of amides is 1. The van der Waals surface area contributed by atoms with E-state index in [4.69, 9.17) is 4.74 Å². The highest BCUT2D eigenvalue weighted by Gasteiger charge is 2.42. The van der Waals surface area contributed by atoms with Gasteiger partial charge in [0.2, 0.25) is 0 Å². The fourth-order valence-corrected chi connectivity index (χ4v) is 1.48. The summed E-state index contributed by atoms with van der Waals surface area (Å²) in [6, 6.07) is 8.95. The third-order valence-corrected chi connectivity index (χ3v) is 2.15. The molecule has 1 amide bonds. The van der Waals surface area contributed by atoms with Crippen LogP contribution in [0.5, 0.6) is 0 Å². The molecule has 0 aliphatic carbocycles. The molecule has 2 rings (SSSR count). The molecule has 1 aliphatic rings. The molecule has 4 nitrogen and oxygen atoms in total. The van der Waals surface area contributed by atoms with Crippen LogP contribution in [0.4, 0.5) is 10.5 Å². The Morgan fingerprint density at radius 3 is 2.57 bits per heavy atom. The van der Waals surface area contributed by atoms with Crippen LogP contribution in [0.15, 0.2) is 30.3 Å². The lowest BCUT2D eigenvalue weighted by Gasteiger charge is -2.25. The van der Waals surface area contributed by atoms with Crippen LogP contribution < -0.4 is 4.90 Å². The number of carbonyl (C=O) groups excluding carboxylic acids is 1. The third kappa shape index (κ3) is 1.33. The number of anilines is 1. The zero-order chi connectivity index (χ0) is 10.2. The highest BCUT2D eigenvalue weighted by atomic mass is 16.6.